The molecule has 2 rings (SSSR count). The largest absolute Gasteiger partial charge is 0.353 e. The number of piperazine rings is 1. The van der Waals surface area contributed by atoms with E-state index >= 15 is 0 Å². The molecule has 1 saturated heterocycles. The van der Waals surface area contributed by atoms with Crippen molar-refractivity contribution in [2.75, 3.05) is 49.6 Å². The zero-order valence-corrected chi connectivity index (χ0v) is 14.2. The van der Waals surface area contributed by atoms with E-state index in [4.69, 9.17) is 4.98 Å². The standard InChI is InChI=1S/C16H27N5O/c1-5-6-7-19(4)16-17-13(2)12-15(18-16)21-10-8-20(9-11-21)14(3)22/h12H,5-11H2,1-4H3. The number of rotatable bonds is 5. The third kappa shape index (κ3) is 4.08. The van der Waals surface area contributed by atoms with Crippen LogP contribution in [0.15, 0.2) is 6.07 Å². The van der Waals surface area contributed by atoms with Gasteiger partial charge in [-0.15, -0.1) is 0 Å². The monoisotopic (exact) mass is 305 g/mol. The number of hydrogen-bond acceptors (Lipinski definition) is 5. The molecule has 1 amide bonds. The van der Waals surface area contributed by atoms with E-state index in [1.807, 2.05) is 24.9 Å². The average Bonchev–Trinajstić information content (AvgIpc) is 2.52. The fraction of sp³-hybridized carbons (Fsp3) is 0.688. The summed E-state index contributed by atoms with van der Waals surface area (Å²) in [4.78, 5) is 26.9. The first-order valence-corrected chi connectivity index (χ1v) is 8.08. The minimum absolute atomic E-state index is 0.151. The highest BCUT2D eigenvalue weighted by molar-refractivity contribution is 5.73. The Hall–Kier alpha value is -1.85. The zero-order valence-electron chi connectivity index (χ0n) is 14.2. The number of amides is 1. The summed E-state index contributed by atoms with van der Waals surface area (Å²) in [7, 11) is 2.04. The number of nitrogens with zero attached hydrogens (tertiary/aromatic N) is 5. The SMILES string of the molecule is CCCCN(C)c1nc(C)cc(N2CCN(C(C)=O)CC2)n1. The smallest absolute Gasteiger partial charge is 0.227 e. The highest BCUT2D eigenvalue weighted by Gasteiger charge is 2.20. The summed E-state index contributed by atoms with van der Waals surface area (Å²) in [6.07, 6.45) is 2.30. The second-order valence-electron chi connectivity index (χ2n) is 5.94. The maximum absolute atomic E-state index is 11.4. The van der Waals surface area contributed by atoms with E-state index in [0.717, 1.165) is 63.0 Å². The highest BCUT2D eigenvalue weighted by atomic mass is 16.2. The number of hydrogen-bond donors (Lipinski definition) is 0. The van der Waals surface area contributed by atoms with E-state index in [2.05, 4.69) is 21.7 Å². The van der Waals surface area contributed by atoms with E-state index in [1.165, 1.54) is 0 Å². The Labute approximate surface area is 133 Å². The van der Waals surface area contributed by atoms with Crippen LogP contribution >= 0.6 is 0 Å². The van der Waals surface area contributed by atoms with E-state index < -0.39 is 0 Å². The molecular formula is C16H27N5O. The van der Waals surface area contributed by atoms with Crippen LogP contribution in [0.2, 0.25) is 0 Å². The van der Waals surface area contributed by atoms with Crippen LogP contribution in [0.25, 0.3) is 0 Å². The zero-order chi connectivity index (χ0) is 16.1. The molecule has 0 bridgehead atoms. The van der Waals surface area contributed by atoms with Crippen molar-refractivity contribution in [1.82, 2.24) is 14.9 Å². The van der Waals surface area contributed by atoms with Crippen molar-refractivity contribution in [3.8, 4) is 0 Å². The highest BCUT2D eigenvalue weighted by Crippen LogP contribution is 2.18. The topological polar surface area (TPSA) is 52.6 Å². The maximum atomic E-state index is 11.4. The van der Waals surface area contributed by atoms with E-state index in [9.17, 15) is 4.79 Å². The first kappa shape index (κ1) is 16.5. The normalized spacial score (nSPS) is 15.1. The molecule has 1 aromatic rings. The Morgan fingerprint density at radius 3 is 2.55 bits per heavy atom. The van der Waals surface area contributed by atoms with Gasteiger partial charge in [-0.25, -0.2) is 4.98 Å². The minimum atomic E-state index is 0.151. The maximum Gasteiger partial charge on any atom is 0.227 e. The molecule has 1 aliphatic rings. The molecular weight excluding hydrogens is 278 g/mol. The first-order chi connectivity index (χ1) is 10.5. The van der Waals surface area contributed by atoms with E-state index in [0.29, 0.717) is 0 Å². The fourth-order valence-corrected chi connectivity index (χ4v) is 2.62. The Kier molecular flexibility index (Phi) is 5.57. The molecule has 0 aliphatic carbocycles. The summed E-state index contributed by atoms with van der Waals surface area (Å²) >= 11 is 0. The van der Waals surface area contributed by atoms with E-state index in [-0.39, 0.29) is 5.91 Å². The van der Waals surface area contributed by atoms with Gasteiger partial charge in [-0.1, -0.05) is 13.3 Å². The number of carbonyl (C=O) groups excluding carboxylic acids is 1. The molecule has 0 saturated carbocycles. The van der Waals surface area contributed by atoms with Gasteiger partial charge in [0, 0.05) is 58.5 Å². The van der Waals surface area contributed by atoms with Crippen LogP contribution in [-0.2, 0) is 4.79 Å². The molecule has 0 atom stereocenters. The van der Waals surface area contributed by atoms with Gasteiger partial charge < -0.3 is 14.7 Å². The van der Waals surface area contributed by atoms with Crippen molar-refractivity contribution in [2.45, 2.75) is 33.6 Å². The van der Waals surface area contributed by atoms with Gasteiger partial charge in [-0.3, -0.25) is 4.79 Å². The molecule has 22 heavy (non-hydrogen) atoms. The summed E-state index contributed by atoms with van der Waals surface area (Å²) in [5.41, 5.74) is 0.984. The molecule has 1 aromatic heterocycles. The van der Waals surface area contributed by atoms with Gasteiger partial charge in [0.1, 0.15) is 5.82 Å². The Morgan fingerprint density at radius 2 is 1.95 bits per heavy atom. The fourth-order valence-electron chi connectivity index (χ4n) is 2.62. The number of aromatic nitrogens is 2. The average molecular weight is 305 g/mol. The lowest BCUT2D eigenvalue weighted by Gasteiger charge is -2.35. The Morgan fingerprint density at radius 1 is 1.27 bits per heavy atom. The molecule has 2 heterocycles. The van der Waals surface area contributed by atoms with Crippen LogP contribution in [0.3, 0.4) is 0 Å². The molecule has 0 aromatic carbocycles. The summed E-state index contributed by atoms with van der Waals surface area (Å²) in [6, 6.07) is 2.03. The molecule has 6 nitrogen and oxygen atoms in total. The van der Waals surface area contributed by atoms with Crippen LogP contribution in [0.1, 0.15) is 32.4 Å². The Bertz CT molecular complexity index is 511. The summed E-state index contributed by atoms with van der Waals surface area (Å²) in [5.74, 6) is 1.91. The van der Waals surface area contributed by atoms with Crippen molar-refractivity contribution in [3.63, 3.8) is 0 Å². The van der Waals surface area contributed by atoms with Crippen molar-refractivity contribution < 1.29 is 4.79 Å². The quantitative estimate of drug-likeness (QED) is 0.828. The first-order valence-electron chi connectivity index (χ1n) is 8.08. The van der Waals surface area contributed by atoms with Gasteiger partial charge in [0.25, 0.3) is 0 Å². The number of carbonyl (C=O) groups is 1. The van der Waals surface area contributed by atoms with Crippen LogP contribution in [-0.4, -0.2) is 60.5 Å². The summed E-state index contributed by atoms with van der Waals surface area (Å²) in [6.45, 7) is 9.98. The number of unbranched alkanes of at least 4 members (excludes halogenated alkanes) is 1. The van der Waals surface area contributed by atoms with Gasteiger partial charge in [0.05, 0.1) is 0 Å². The lowest BCUT2D eigenvalue weighted by Crippen LogP contribution is -2.48. The Balaban J connectivity index is 2.08. The molecule has 1 fully saturated rings. The molecule has 6 heteroatoms. The summed E-state index contributed by atoms with van der Waals surface area (Å²) < 4.78 is 0. The predicted octanol–water partition coefficient (Wildman–Crippen LogP) is 1.69. The van der Waals surface area contributed by atoms with Crippen molar-refractivity contribution >= 4 is 17.7 Å². The summed E-state index contributed by atoms with van der Waals surface area (Å²) in [5, 5.41) is 0. The molecule has 0 unspecified atom stereocenters. The van der Waals surface area contributed by atoms with Gasteiger partial charge in [-0.2, -0.15) is 4.98 Å². The van der Waals surface area contributed by atoms with Crippen LogP contribution in [0.5, 0.6) is 0 Å². The van der Waals surface area contributed by atoms with Crippen LogP contribution in [0.4, 0.5) is 11.8 Å². The van der Waals surface area contributed by atoms with Crippen LogP contribution < -0.4 is 9.80 Å². The minimum Gasteiger partial charge on any atom is -0.353 e. The van der Waals surface area contributed by atoms with Crippen LogP contribution in [0, 0.1) is 6.92 Å². The molecule has 0 N–H and O–H groups in total. The third-order valence-electron chi connectivity index (χ3n) is 4.07. The molecule has 1 aliphatic heterocycles. The molecule has 0 spiro atoms. The lowest BCUT2D eigenvalue weighted by atomic mass is 10.3. The second kappa shape index (κ2) is 7.42. The van der Waals surface area contributed by atoms with E-state index in [1.54, 1.807) is 6.92 Å². The lowest BCUT2D eigenvalue weighted by molar-refractivity contribution is -0.129. The third-order valence-corrected chi connectivity index (χ3v) is 4.07. The van der Waals surface area contributed by atoms with Gasteiger partial charge >= 0.3 is 0 Å². The second-order valence-corrected chi connectivity index (χ2v) is 5.94. The molecule has 0 radical (unpaired) electrons. The van der Waals surface area contributed by atoms with Crippen molar-refractivity contribution in [3.05, 3.63) is 11.8 Å². The van der Waals surface area contributed by atoms with Gasteiger partial charge in [0.15, 0.2) is 0 Å². The number of aryl methyl sites for hydroxylation is 1. The molecule has 122 valence electrons. The van der Waals surface area contributed by atoms with Crippen molar-refractivity contribution in [1.29, 1.82) is 0 Å². The van der Waals surface area contributed by atoms with Crippen molar-refractivity contribution in [2.24, 2.45) is 0 Å². The van der Waals surface area contributed by atoms with Gasteiger partial charge in [-0.05, 0) is 13.3 Å². The number of anilines is 2. The van der Waals surface area contributed by atoms with Gasteiger partial charge in [0.2, 0.25) is 11.9 Å². The predicted molar refractivity (Wildman–Crippen MR) is 89.4 cm³/mol.